The van der Waals surface area contributed by atoms with E-state index in [4.69, 9.17) is 4.74 Å². The summed E-state index contributed by atoms with van der Waals surface area (Å²) >= 11 is 0. The third-order valence-electron chi connectivity index (χ3n) is 7.79. The lowest BCUT2D eigenvalue weighted by Gasteiger charge is -2.34. The monoisotopic (exact) mass is 476 g/mol. The number of carboxylic acids is 1. The van der Waals surface area contributed by atoms with Crippen molar-refractivity contribution in [3.05, 3.63) is 71.3 Å². The molecule has 0 radical (unpaired) electrons. The van der Waals surface area contributed by atoms with Gasteiger partial charge in [0.05, 0.1) is 24.5 Å². The second kappa shape index (κ2) is 8.92. The second-order valence-corrected chi connectivity index (χ2v) is 9.56. The summed E-state index contributed by atoms with van der Waals surface area (Å²) in [6.45, 7) is 0. The molecule has 2 aromatic rings. The van der Waals surface area contributed by atoms with Crippen LogP contribution in [0.4, 0.5) is 0 Å². The van der Waals surface area contributed by atoms with Crippen LogP contribution in [0.5, 0.6) is 0 Å². The maximum Gasteiger partial charge on any atom is 0.337 e. The quantitative estimate of drug-likeness (QED) is 0.504. The lowest BCUT2D eigenvalue weighted by molar-refractivity contribution is -0.153. The molecule has 3 fully saturated rings. The molecule has 35 heavy (non-hydrogen) atoms. The fourth-order valence-corrected chi connectivity index (χ4v) is 6.15. The number of carboxylic acid groups (broad SMARTS) is 1. The van der Waals surface area contributed by atoms with Gasteiger partial charge in [-0.15, -0.1) is 0 Å². The Balaban J connectivity index is 1.63. The van der Waals surface area contributed by atoms with E-state index < -0.39 is 41.3 Å². The van der Waals surface area contributed by atoms with Crippen molar-refractivity contribution < 1.29 is 29.0 Å². The standard InChI is InChI=1S/C27H28N2O6/c1-35-25(32)17-14-12-16(13-15-17)22-20-21(24(31)29(23(20)30)19-10-6-3-7-11-19)27(28-22,26(33)34)18-8-4-2-5-9-18/h2,4-5,8-9,12-15,19-22,28H,3,6-7,10-11H2,1H3,(H,33,34). The summed E-state index contributed by atoms with van der Waals surface area (Å²) in [5, 5.41) is 13.8. The molecule has 8 heteroatoms. The largest absolute Gasteiger partial charge is 0.480 e. The fourth-order valence-electron chi connectivity index (χ4n) is 6.15. The van der Waals surface area contributed by atoms with Crippen molar-refractivity contribution in [3.8, 4) is 0 Å². The van der Waals surface area contributed by atoms with Gasteiger partial charge in [-0.2, -0.15) is 0 Å². The molecule has 0 spiro atoms. The van der Waals surface area contributed by atoms with E-state index >= 15 is 0 Å². The molecular formula is C27H28N2O6. The minimum atomic E-state index is -1.76. The number of hydrogen-bond acceptors (Lipinski definition) is 6. The number of ether oxygens (including phenoxy) is 1. The van der Waals surface area contributed by atoms with Gasteiger partial charge in [0.1, 0.15) is 0 Å². The third kappa shape index (κ3) is 3.55. The number of aliphatic carboxylic acids is 1. The van der Waals surface area contributed by atoms with Crippen LogP contribution >= 0.6 is 0 Å². The Morgan fingerprint density at radius 2 is 1.63 bits per heavy atom. The van der Waals surface area contributed by atoms with Crippen LogP contribution in [0.15, 0.2) is 54.6 Å². The predicted octanol–water partition coefficient (Wildman–Crippen LogP) is 3.03. The number of esters is 1. The van der Waals surface area contributed by atoms with E-state index in [1.54, 1.807) is 54.6 Å². The molecule has 1 aliphatic carbocycles. The van der Waals surface area contributed by atoms with Crippen molar-refractivity contribution in [2.75, 3.05) is 7.11 Å². The molecule has 0 bridgehead atoms. The van der Waals surface area contributed by atoms with Gasteiger partial charge in [0, 0.05) is 12.1 Å². The molecule has 2 saturated heterocycles. The van der Waals surface area contributed by atoms with Crippen molar-refractivity contribution in [2.45, 2.75) is 49.7 Å². The molecule has 4 unspecified atom stereocenters. The van der Waals surface area contributed by atoms with Gasteiger partial charge in [-0.3, -0.25) is 19.8 Å². The lowest BCUT2D eigenvalue weighted by atomic mass is 9.75. The first-order chi connectivity index (χ1) is 16.9. The topological polar surface area (TPSA) is 113 Å². The van der Waals surface area contributed by atoms with E-state index in [-0.39, 0.29) is 11.9 Å². The summed E-state index contributed by atoms with van der Waals surface area (Å²) in [7, 11) is 1.29. The summed E-state index contributed by atoms with van der Waals surface area (Å²) in [6.07, 6.45) is 4.44. The first kappa shape index (κ1) is 23.2. The Kier molecular flexibility index (Phi) is 5.92. The molecule has 2 amide bonds. The van der Waals surface area contributed by atoms with Crippen LogP contribution in [0.25, 0.3) is 0 Å². The number of hydrogen-bond donors (Lipinski definition) is 2. The van der Waals surface area contributed by atoms with E-state index in [2.05, 4.69) is 5.32 Å². The van der Waals surface area contributed by atoms with Gasteiger partial charge >= 0.3 is 11.9 Å². The highest BCUT2D eigenvalue weighted by atomic mass is 16.5. The zero-order chi connectivity index (χ0) is 24.7. The van der Waals surface area contributed by atoms with Gasteiger partial charge in [0.25, 0.3) is 0 Å². The Hall–Kier alpha value is -3.52. The number of methoxy groups -OCH3 is 1. The Morgan fingerprint density at radius 1 is 0.971 bits per heavy atom. The number of nitrogens with zero attached hydrogens (tertiary/aromatic N) is 1. The number of rotatable bonds is 5. The van der Waals surface area contributed by atoms with Crippen LogP contribution in [0.3, 0.4) is 0 Å². The summed E-state index contributed by atoms with van der Waals surface area (Å²) in [4.78, 5) is 54.0. The predicted molar refractivity (Wildman–Crippen MR) is 125 cm³/mol. The molecule has 1 saturated carbocycles. The SMILES string of the molecule is COC(=O)c1ccc(C2NC(C(=O)O)(c3ccccc3)C3C(=O)N(C4CCCCC4)C(=O)C23)cc1. The highest BCUT2D eigenvalue weighted by Crippen LogP contribution is 2.54. The first-order valence-electron chi connectivity index (χ1n) is 12.0. The average molecular weight is 477 g/mol. The minimum Gasteiger partial charge on any atom is -0.480 e. The number of likely N-dealkylation sites (tertiary alicyclic amines) is 1. The van der Waals surface area contributed by atoms with Crippen LogP contribution in [0, 0.1) is 11.8 Å². The highest BCUT2D eigenvalue weighted by molar-refractivity contribution is 6.10. The molecule has 5 rings (SSSR count). The van der Waals surface area contributed by atoms with Crippen LogP contribution in [-0.4, -0.2) is 46.9 Å². The molecule has 2 heterocycles. The lowest BCUT2D eigenvalue weighted by Crippen LogP contribution is -2.54. The number of nitrogens with one attached hydrogen (secondary N) is 1. The minimum absolute atomic E-state index is 0.195. The van der Waals surface area contributed by atoms with Crippen molar-refractivity contribution in [1.29, 1.82) is 0 Å². The van der Waals surface area contributed by atoms with Gasteiger partial charge in [-0.25, -0.2) is 9.59 Å². The smallest absolute Gasteiger partial charge is 0.337 e. The van der Waals surface area contributed by atoms with Crippen molar-refractivity contribution in [1.82, 2.24) is 10.2 Å². The maximum atomic E-state index is 13.9. The molecular weight excluding hydrogens is 448 g/mol. The zero-order valence-electron chi connectivity index (χ0n) is 19.5. The summed E-state index contributed by atoms with van der Waals surface area (Å²) in [5.41, 5.74) is -0.342. The summed E-state index contributed by atoms with van der Waals surface area (Å²) < 4.78 is 4.77. The average Bonchev–Trinajstić information content (AvgIpc) is 3.39. The number of imide groups is 1. The van der Waals surface area contributed by atoms with Crippen LogP contribution < -0.4 is 5.32 Å². The summed E-state index contributed by atoms with van der Waals surface area (Å²) in [5.74, 6) is -4.38. The summed E-state index contributed by atoms with van der Waals surface area (Å²) in [6, 6.07) is 14.2. The van der Waals surface area contributed by atoms with Crippen molar-refractivity contribution in [3.63, 3.8) is 0 Å². The molecule has 4 atom stereocenters. The fraction of sp³-hybridized carbons (Fsp3) is 0.407. The molecule has 3 aliphatic rings. The molecule has 182 valence electrons. The van der Waals surface area contributed by atoms with Gasteiger partial charge < -0.3 is 9.84 Å². The molecule has 8 nitrogen and oxygen atoms in total. The van der Waals surface area contributed by atoms with Crippen LogP contribution in [-0.2, 0) is 24.7 Å². The third-order valence-corrected chi connectivity index (χ3v) is 7.79. The van der Waals surface area contributed by atoms with Gasteiger partial charge in [0.2, 0.25) is 11.8 Å². The Labute approximate surface area is 203 Å². The normalized spacial score (nSPS) is 28.7. The number of carbonyl (C=O) groups excluding carboxylic acids is 3. The zero-order valence-corrected chi connectivity index (χ0v) is 19.5. The van der Waals surface area contributed by atoms with E-state index in [0.29, 0.717) is 16.7 Å². The van der Waals surface area contributed by atoms with Gasteiger partial charge in [-0.05, 0) is 36.1 Å². The van der Waals surface area contributed by atoms with Crippen molar-refractivity contribution >= 4 is 23.8 Å². The van der Waals surface area contributed by atoms with Crippen LogP contribution in [0.2, 0.25) is 0 Å². The maximum absolute atomic E-state index is 13.9. The number of benzene rings is 2. The molecule has 2 N–H and O–H groups in total. The molecule has 0 aromatic heterocycles. The van der Waals surface area contributed by atoms with E-state index in [1.807, 2.05) is 0 Å². The van der Waals surface area contributed by atoms with E-state index in [9.17, 15) is 24.3 Å². The Bertz CT molecular complexity index is 1160. The van der Waals surface area contributed by atoms with Gasteiger partial charge in [-0.1, -0.05) is 61.7 Å². The van der Waals surface area contributed by atoms with E-state index in [1.165, 1.54) is 12.0 Å². The molecule has 2 aromatic carbocycles. The first-order valence-corrected chi connectivity index (χ1v) is 12.0. The number of carbonyl (C=O) groups is 4. The highest BCUT2D eigenvalue weighted by Gasteiger charge is 2.69. The second-order valence-electron chi connectivity index (χ2n) is 9.56. The van der Waals surface area contributed by atoms with Crippen molar-refractivity contribution in [2.24, 2.45) is 11.8 Å². The molecule has 2 aliphatic heterocycles. The Morgan fingerprint density at radius 3 is 2.23 bits per heavy atom. The van der Waals surface area contributed by atoms with Gasteiger partial charge in [0.15, 0.2) is 5.54 Å². The number of amides is 2. The van der Waals surface area contributed by atoms with E-state index in [0.717, 1.165) is 32.1 Å². The number of fused-ring (bicyclic) bond motifs is 1. The van der Waals surface area contributed by atoms with Crippen LogP contribution in [0.1, 0.15) is 59.6 Å².